The molecule has 1 rings (SSSR count). The second-order valence-corrected chi connectivity index (χ2v) is 2.76. The topological polar surface area (TPSA) is 20.3 Å². The van der Waals surface area contributed by atoms with Gasteiger partial charge in [0, 0.05) is 12.7 Å². The van der Waals surface area contributed by atoms with Crippen LogP contribution in [0.5, 0.6) is 0 Å². The van der Waals surface area contributed by atoms with Crippen molar-refractivity contribution in [1.82, 2.24) is 0 Å². The number of benzene rings is 1. The number of nitrogens with zero attached hydrogens (tertiary/aromatic N) is 1. The summed E-state index contributed by atoms with van der Waals surface area (Å²) in [7, 11) is 1.74. The molecular weight excluding hydrogens is 170 g/mol. The van der Waals surface area contributed by atoms with Gasteiger partial charge in [-0.25, -0.2) is 0 Å². The van der Waals surface area contributed by atoms with Crippen molar-refractivity contribution in [1.29, 1.82) is 0 Å². The molecule has 0 bridgehead atoms. The first kappa shape index (κ1) is 9.13. The molecule has 0 atom stereocenters. The molecule has 0 aliphatic heterocycles. The van der Waals surface area contributed by atoms with Gasteiger partial charge in [-0.15, -0.1) is 0 Å². The van der Waals surface area contributed by atoms with E-state index in [4.69, 9.17) is 0 Å². The van der Waals surface area contributed by atoms with Crippen molar-refractivity contribution in [3.05, 3.63) is 30.3 Å². The Kier molecular flexibility index (Phi) is 3.17. The molecule has 0 aromatic heterocycles. The maximum atomic E-state index is 11.2. The van der Waals surface area contributed by atoms with Gasteiger partial charge in [-0.1, -0.05) is 18.2 Å². The van der Waals surface area contributed by atoms with E-state index >= 15 is 0 Å². The lowest BCUT2D eigenvalue weighted by molar-refractivity contribution is -0.115. The average Bonchev–Trinajstić information content (AvgIpc) is 2.17. The summed E-state index contributed by atoms with van der Waals surface area (Å²) in [6.45, 7) is 0. The first-order chi connectivity index (χ1) is 5.75. The van der Waals surface area contributed by atoms with E-state index in [0.717, 1.165) is 5.69 Å². The molecule has 0 radical (unpaired) electrons. The molecule has 3 heteroatoms. The van der Waals surface area contributed by atoms with Crippen molar-refractivity contribution in [2.24, 2.45) is 0 Å². The van der Waals surface area contributed by atoms with Gasteiger partial charge in [-0.2, -0.15) is 12.6 Å². The second-order valence-electron chi connectivity index (χ2n) is 2.45. The van der Waals surface area contributed by atoms with Gasteiger partial charge in [-0.05, 0) is 12.1 Å². The normalized spacial score (nSPS) is 9.50. The Morgan fingerprint density at radius 1 is 1.42 bits per heavy atom. The fourth-order valence-corrected chi connectivity index (χ4v) is 1.11. The lowest BCUT2D eigenvalue weighted by Crippen LogP contribution is -2.26. The van der Waals surface area contributed by atoms with Gasteiger partial charge < -0.3 is 4.90 Å². The largest absolute Gasteiger partial charge is 0.315 e. The third-order valence-electron chi connectivity index (χ3n) is 1.65. The molecule has 1 aromatic rings. The lowest BCUT2D eigenvalue weighted by atomic mass is 10.3. The molecular formula is C9H11NOS. The van der Waals surface area contributed by atoms with Crippen molar-refractivity contribution < 1.29 is 4.79 Å². The third kappa shape index (κ3) is 2.01. The highest BCUT2D eigenvalue weighted by atomic mass is 32.1. The summed E-state index contributed by atoms with van der Waals surface area (Å²) in [5.41, 5.74) is 0.900. The number of para-hydroxylation sites is 1. The van der Waals surface area contributed by atoms with Gasteiger partial charge in [0.05, 0.1) is 5.75 Å². The van der Waals surface area contributed by atoms with Gasteiger partial charge in [0.25, 0.3) is 0 Å². The molecule has 64 valence electrons. The van der Waals surface area contributed by atoms with E-state index in [1.54, 1.807) is 11.9 Å². The third-order valence-corrected chi connectivity index (χ3v) is 1.92. The molecule has 0 saturated carbocycles. The molecule has 0 aliphatic carbocycles. The van der Waals surface area contributed by atoms with Crippen LogP contribution in [-0.4, -0.2) is 18.7 Å². The number of carbonyl (C=O) groups excluding carboxylic acids is 1. The number of thiol groups is 1. The summed E-state index contributed by atoms with van der Waals surface area (Å²) in [6.07, 6.45) is 0. The maximum absolute atomic E-state index is 11.2. The maximum Gasteiger partial charge on any atom is 0.236 e. The van der Waals surface area contributed by atoms with Crippen LogP contribution in [0.2, 0.25) is 0 Å². The van der Waals surface area contributed by atoms with E-state index in [1.807, 2.05) is 30.3 Å². The number of anilines is 1. The van der Waals surface area contributed by atoms with Gasteiger partial charge in [0.15, 0.2) is 0 Å². The van der Waals surface area contributed by atoms with Gasteiger partial charge >= 0.3 is 0 Å². The molecule has 12 heavy (non-hydrogen) atoms. The Labute approximate surface area is 77.6 Å². The van der Waals surface area contributed by atoms with Crippen molar-refractivity contribution in [3.8, 4) is 0 Å². The minimum atomic E-state index is 0.00420. The van der Waals surface area contributed by atoms with Crippen molar-refractivity contribution in [3.63, 3.8) is 0 Å². The van der Waals surface area contributed by atoms with E-state index in [2.05, 4.69) is 12.6 Å². The average molecular weight is 181 g/mol. The predicted molar refractivity (Wildman–Crippen MR) is 53.7 cm³/mol. The molecule has 0 aliphatic rings. The first-order valence-corrected chi connectivity index (χ1v) is 4.31. The molecule has 1 aromatic carbocycles. The summed E-state index contributed by atoms with van der Waals surface area (Å²) in [5.74, 6) is 0.246. The number of rotatable bonds is 2. The Hall–Kier alpha value is -0.960. The summed E-state index contributed by atoms with van der Waals surface area (Å²) >= 11 is 3.91. The van der Waals surface area contributed by atoms with E-state index in [1.165, 1.54) is 0 Å². The van der Waals surface area contributed by atoms with Gasteiger partial charge in [-0.3, -0.25) is 4.79 Å². The second kappa shape index (κ2) is 4.16. The number of carbonyl (C=O) groups is 1. The summed E-state index contributed by atoms with van der Waals surface area (Å²) in [6, 6.07) is 9.50. The fourth-order valence-electron chi connectivity index (χ4n) is 0.902. The van der Waals surface area contributed by atoms with E-state index in [9.17, 15) is 4.79 Å². The Bertz CT molecular complexity index is 260. The quantitative estimate of drug-likeness (QED) is 0.687. The van der Waals surface area contributed by atoms with Crippen LogP contribution in [0, 0.1) is 0 Å². The van der Waals surface area contributed by atoms with E-state index in [0.29, 0.717) is 0 Å². The zero-order chi connectivity index (χ0) is 8.97. The van der Waals surface area contributed by atoms with Gasteiger partial charge in [0.1, 0.15) is 0 Å². The molecule has 0 unspecified atom stereocenters. The summed E-state index contributed by atoms with van der Waals surface area (Å²) in [4.78, 5) is 12.8. The van der Waals surface area contributed by atoms with Crippen LogP contribution in [0.15, 0.2) is 30.3 Å². The van der Waals surface area contributed by atoms with Crippen LogP contribution in [0.1, 0.15) is 0 Å². The highest BCUT2D eigenvalue weighted by Crippen LogP contribution is 2.10. The molecule has 0 fully saturated rings. The highest BCUT2D eigenvalue weighted by Gasteiger charge is 2.06. The van der Waals surface area contributed by atoms with Crippen LogP contribution in [0.4, 0.5) is 5.69 Å². The van der Waals surface area contributed by atoms with Crippen molar-refractivity contribution >= 4 is 24.2 Å². The molecule has 0 spiro atoms. The van der Waals surface area contributed by atoms with Crippen molar-refractivity contribution in [2.45, 2.75) is 0 Å². The zero-order valence-corrected chi connectivity index (χ0v) is 7.79. The lowest BCUT2D eigenvalue weighted by Gasteiger charge is -2.15. The van der Waals surface area contributed by atoms with Crippen LogP contribution in [-0.2, 0) is 4.79 Å². The summed E-state index contributed by atoms with van der Waals surface area (Å²) < 4.78 is 0. The predicted octanol–water partition coefficient (Wildman–Crippen LogP) is 1.58. The fraction of sp³-hybridized carbons (Fsp3) is 0.222. The Morgan fingerprint density at radius 2 is 2.00 bits per heavy atom. The number of hydrogen-bond acceptors (Lipinski definition) is 2. The standard InChI is InChI=1S/C9H11NOS/c1-10(9(11)7-12)8-5-3-2-4-6-8/h2-6,12H,7H2,1H3. The van der Waals surface area contributed by atoms with Crippen LogP contribution >= 0.6 is 12.6 Å². The number of amides is 1. The summed E-state index contributed by atoms with van der Waals surface area (Å²) in [5, 5.41) is 0. The molecule has 0 saturated heterocycles. The highest BCUT2D eigenvalue weighted by molar-refractivity contribution is 7.81. The molecule has 0 N–H and O–H groups in total. The monoisotopic (exact) mass is 181 g/mol. The molecule has 0 heterocycles. The minimum absolute atomic E-state index is 0.00420. The van der Waals surface area contributed by atoms with Gasteiger partial charge in [0.2, 0.25) is 5.91 Å². The van der Waals surface area contributed by atoms with Crippen LogP contribution < -0.4 is 4.90 Å². The van der Waals surface area contributed by atoms with E-state index < -0.39 is 0 Å². The van der Waals surface area contributed by atoms with Crippen molar-refractivity contribution in [2.75, 3.05) is 17.7 Å². The van der Waals surface area contributed by atoms with E-state index in [-0.39, 0.29) is 11.7 Å². The Morgan fingerprint density at radius 3 is 2.50 bits per heavy atom. The number of hydrogen-bond donors (Lipinski definition) is 1. The molecule has 1 amide bonds. The Balaban J connectivity index is 2.78. The van der Waals surface area contributed by atoms with Crippen LogP contribution in [0.25, 0.3) is 0 Å². The zero-order valence-electron chi connectivity index (χ0n) is 6.90. The molecule has 2 nitrogen and oxygen atoms in total. The SMILES string of the molecule is CN(C(=O)CS)c1ccccc1. The first-order valence-electron chi connectivity index (χ1n) is 3.68. The van der Waals surface area contributed by atoms with Crippen LogP contribution in [0.3, 0.4) is 0 Å². The smallest absolute Gasteiger partial charge is 0.236 e. The minimum Gasteiger partial charge on any atom is -0.315 e.